The third kappa shape index (κ3) is 4.52. The lowest BCUT2D eigenvalue weighted by Gasteiger charge is -2.16. The quantitative estimate of drug-likeness (QED) is 0.612. The van der Waals surface area contributed by atoms with Gasteiger partial charge in [-0.1, -0.05) is 18.5 Å². The predicted octanol–water partition coefficient (Wildman–Crippen LogP) is 1.93. The average Bonchev–Trinajstić information content (AvgIpc) is 2.37. The summed E-state index contributed by atoms with van der Waals surface area (Å²) in [5, 5.41) is 0.271. The van der Waals surface area contributed by atoms with Gasteiger partial charge in [-0.15, -0.1) is 0 Å². The minimum absolute atomic E-state index is 0.0892. The Morgan fingerprint density at radius 3 is 2.63 bits per heavy atom. The van der Waals surface area contributed by atoms with E-state index in [1.54, 1.807) is 20.0 Å². The van der Waals surface area contributed by atoms with Crippen molar-refractivity contribution < 1.29 is 14.3 Å². The van der Waals surface area contributed by atoms with Gasteiger partial charge in [0.15, 0.2) is 0 Å². The van der Waals surface area contributed by atoms with Gasteiger partial charge in [0.2, 0.25) is 0 Å². The maximum Gasteiger partial charge on any atom is 0.325 e. The summed E-state index contributed by atoms with van der Waals surface area (Å²) in [5.41, 5.74) is 1.16. The molecule has 0 aliphatic rings. The van der Waals surface area contributed by atoms with Crippen LogP contribution < -0.4 is 0 Å². The van der Waals surface area contributed by atoms with Gasteiger partial charge >= 0.3 is 5.97 Å². The molecule has 6 heteroatoms. The molecule has 0 fully saturated rings. The Morgan fingerprint density at radius 1 is 1.37 bits per heavy atom. The predicted molar refractivity (Wildman–Crippen MR) is 72.2 cm³/mol. The molecule has 0 bridgehead atoms. The number of halogens is 1. The minimum Gasteiger partial charge on any atom is -0.465 e. The lowest BCUT2D eigenvalue weighted by molar-refractivity contribution is -0.143. The second kappa shape index (κ2) is 7.09. The minimum atomic E-state index is -0.436. The summed E-state index contributed by atoms with van der Waals surface area (Å²) in [6.45, 7) is 3.85. The van der Waals surface area contributed by atoms with E-state index in [9.17, 15) is 9.59 Å². The van der Waals surface area contributed by atoms with Crippen molar-refractivity contribution in [3.8, 4) is 0 Å². The smallest absolute Gasteiger partial charge is 0.325 e. The van der Waals surface area contributed by atoms with Crippen LogP contribution in [0.15, 0.2) is 12.1 Å². The topological polar surface area (TPSA) is 59.5 Å². The monoisotopic (exact) mass is 284 g/mol. The van der Waals surface area contributed by atoms with Crippen molar-refractivity contribution >= 4 is 23.5 Å². The van der Waals surface area contributed by atoms with Gasteiger partial charge in [-0.05, 0) is 25.5 Å². The standard InChI is InChI=1S/C13H17ClN2O3/c1-4-10-6-9(7-11(14)15-10)13(18)16(3)8-12(17)19-5-2/h6-7H,4-5,8H2,1-3H3. The first-order valence-corrected chi connectivity index (χ1v) is 6.43. The van der Waals surface area contributed by atoms with Gasteiger partial charge in [0.05, 0.1) is 6.61 Å². The van der Waals surface area contributed by atoms with E-state index in [2.05, 4.69) is 4.98 Å². The van der Waals surface area contributed by atoms with Crippen LogP contribution in [0.25, 0.3) is 0 Å². The first kappa shape index (κ1) is 15.4. The number of hydrogen-bond acceptors (Lipinski definition) is 4. The molecule has 0 unspecified atom stereocenters. The van der Waals surface area contributed by atoms with E-state index in [1.165, 1.54) is 11.0 Å². The van der Waals surface area contributed by atoms with E-state index in [4.69, 9.17) is 16.3 Å². The molecule has 0 aliphatic carbocycles. The van der Waals surface area contributed by atoms with Crippen LogP contribution in [0.3, 0.4) is 0 Å². The van der Waals surface area contributed by atoms with Crippen molar-refractivity contribution in [1.29, 1.82) is 0 Å². The molecule has 1 aromatic heterocycles. The largest absolute Gasteiger partial charge is 0.465 e. The van der Waals surface area contributed by atoms with Crippen LogP contribution >= 0.6 is 11.6 Å². The summed E-state index contributed by atoms with van der Waals surface area (Å²) < 4.78 is 4.80. The molecule has 0 saturated heterocycles. The first-order valence-electron chi connectivity index (χ1n) is 6.05. The van der Waals surface area contributed by atoms with Crippen molar-refractivity contribution in [3.05, 3.63) is 28.5 Å². The van der Waals surface area contributed by atoms with Gasteiger partial charge in [-0.3, -0.25) is 9.59 Å². The Morgan fingerprint density at radius 2 is 2.05 bits per heavy atom. The lowest BCUT2D eigenvalue weighted by atomic mass is 10.2. The maximum absolute atomic E-state index is 12.1. The molecule has 0 aliphatic heterocycles. The number of likely N-dealkylation sites (N-methyl/N-ethyl adjacent to an activating group) is 1. The molecule has 1 amide bonds. The zero-order chi connectivity index (χ0) is 14.4. The molecule has 104 valence electrons. The number of esters is 1. The normalized spacial score (nSPS) is 10.1. The molecular formula is C13H17ClN2O3. The van der Waals surface area contributed by atoms with Gasteiger partial charge in [0.25, 0.3) is 5.91 Å². The summed E-state index contributed by atoms with van der Waals surface area (Å²) in [5.74, 6) is -0.721. The fourth-order valence-corrected chi connectivity index (χ4v) is 1.77. The highest BCUT2D eigenvalue weighted by Gasteiger charge is 2.16. The zero-order valence-corrected chi connectivity index (χ0v) is 12.0. The molecule has 0 radical (unpaired) electrons. The Kier molecular flexibility index (Phi) is 5.76. The second-order valence-corrected chi connectivity index (χ2v) is 4.38. The molecule has 5 nitrogen and oxygen atoms in total. The molecule has 0 spiro atoms. The summed E-state index contributed by atoms with van der Waals surface area (Å²) in [6.07, 6.45) is 0.683. The van der Waals surface area contributed by atoms with Gasteiger partial charge in [-0.25, -0.2) is 4.98 Å². The van der Waals surface area contributed by atoms with Gasteiger partial charge in [0.1, 0.15) is 11.7 Å². The summed E-state index contributed by atoms with van der Waals surface area (Å²) in [7, 11) is 1.54. The van der Waals surface area contributed by atoms with Crippen LogP contribution in [0.2, 0.25) is 5.15 Å². The van der Waals surface area contributed by atoms with Crippen molar-refractivity contribution in [1.82, 2.24) is 9.88 Å². The number of nitrogens with zero attached hydrogens (tertiary/aromatic N) is 2. The molecular weight excluding hydrogens is 268 g/mol. The van der Waals surface area contributed by atoms with Gasteiger partial charge in [-0.2, -0.15) is 0 Å². The molecule has 0 N–H and O–H groups in total. The van der Waals surface area contributed by atoms with E-state index in [0.29, 0.717) is 18.6 Å². The van der Waals surface area contributed by atoms with Crippen molar-refractivity contribution in [2.45, 2.75) is 20.3 Å². The number of ether oxygens (including phenoxy) is 1. The van der Waals surface area contributed by atoms with Crippen LogP contribution in [0, 0.1) is 0 Å². The highest BCUT2D eigenvalue weighted by atomic mass is 35.5. The van der Waals surface area contributed by atoms with Crippen LogP contribution in [0.1, 0.15) is 29.9 Å². The van der Waals surface area contributed by atoms with E-state index in [-0.39, 0.29) is 17.6 Å². The maximum atomic E-state index is 12.1. The molecule has 1 rings (SSSR count). The van der Waals surface area contributed by atoms with E-state index < -0.39 is 5.97 Å². The molecule has 1 aromatic rings. The average molecular weight is 285 g/mol. The number of carbonyl (C=O) groups is 2. The zero-order valence-electron chi connectivity index (χ0n) is 11.3. The third-order valence-corrected chi connectivity index (χ3v) is 2.67. The number of aromatic nitrogens is 1. The molecule has 0 atom stereocenters. The van der Waals surface area contributed by atoms with Crippen LogP contribution in [0.4, 0.5) is 0 Å². The highest BCUT2D eigenvalue weighted by molar-refractivity contribution is 6.29. The number of carbonyl (C=O) groups excluding carboxylic acids is 2. The fraction of sp³-hybridized carbons (Fsp3) is 0.462. The van der Waals surface area contributed by atoms with E-state index >= 15 is 0 Å². The molecule has 0 aromatic carbocycles. The third-order valence-electron chi connectivity index (χ3n) is 2.47. The SMILES string of the molecule is CCOC(=O)CN(C)C(=O)c1cc(Cl)nc(CC)c1. The first-order chi connectivity index (χ1) is 8.97. The van der Waals surface area contributed by atoms with Crippen molar-refractivity contribution in [2.24, 2.45) is 0 Å². The van der Waals surface area contributed by atoms with Crippen molar-refractivity contribution in [3.63, 3.8) is 0 Å². The van der Waals surface area contributed by atoms with Crippen LogP contribution in [-0.2, 0) is 16.0 Å². The Hall–Kier alpha value is -1.62. The number of rotatable bonds is 5. The highest BCUT2D eigenvalue weighted by Crippen LogP contribution is 2.13. The lowest BCUT2D eigenvalue weighted by Crippen LogP contribution is -2.33. The van der Waals surface area contributed by atoms with Gasteiger partial charge in [0, 0.05) is 18.3 Å². The summed E-state index contributed by atoms with van der Waals surface area (Å²) >= 11 is 5.86. The summed E-state index contributed by atoms with van der Waals surface area (Å²) in [4.78, 5) is 28.8. The fourth-order valence-electron chi connectivity index (χ4n) is 1.55. The second-order valence-electron chi connectivity index (χ2n) is 3.99. The number of hydrogen-bond donors (Lipinski definition) is 0. The molecule has 1 heterocycles. The summed E-state index contributed by atoms with van der Waals surface area (Å²) in [6, 6.07) is 3.17. The Labute approximate surface area is 117 Å². The van der Waals surface area contributed by atoms with Crippen LogP contribution in [-0.4, -0.2) is 42.0 Å². The van der Waals surface area contributed by atoms with E-state index in [1.807, 2.05) is 6.92 Å². The number of amides is 1. The molecule has 0 saturated carbocycles. The van der Waals surface area contributed by atoms with E-state index in [0.717, 1.165) is 5.69 Å². The number of pyridine rings is 1. The molecule has 19 heavy (non-hydrogen) atoms. The van der Waals surface area contributed by atoms with Crippen LogP contribution in [0.5, 0.6) is 0 Å². The van der Waals surface area contributed by atoms with Crippen molar-refractivity contribution in [2.75, 3.05) is 20.2 Å². The number of aryl methyl sites for hydroxylation is 1. The Balaban J connectivity index is 2.81. The Bertz CT molecular complexity index is 477. The van der Waals surface area contributed by atoms with Gasteiger partial charge < -0.3 is 9.64 Å².